The number of methoxy groups -OCH3 is 1. The summed E-state index contributed by atoms with van der Waals surface area (Å²) in [7, 11) is 1.68. The molecule has 27 heavy (non-hydrogen) atoms. The third-order valence-corrected chi connectivity index (χ3v) is 4.56. The predicted octanol–water partition coefficient (Wildman–Crippen LogP) is 4.29. The molecule has 1 N–H and O–H groups in total. The zero-order valence-corrected chi connectivity index (χ0v) is 17.0. The molecular formula is C23H33NO3. The first-order valence-corrected chi connectivity index (χ1v) is 9.69. The molecule has 148 valence electrons. The quantitative estimate of drug-likeness (QED) is 0.640. The van der Waals surface area contributed by atoms with E-state index in [1.54, 1.807) is 7.11 Å². The Hall–Kier alpha value is -2.04. The number of aliphatic hydroxyl groups is 1. The SMILES string of the molecule is COc1cccc(CN(CCC(C)C)CC(O)COc2ccccc2C)c1. The summed E-state index contributed by atoms with van der Waals surface area (Å²) in [5.74, 6) is 2.32. The van der Waals surface area contributed by atoms with Crippen molar-refractivity contribution in [3.63, 3.8) is 0 Å². The number of ether oxygens (including phenoxy) is 2. The van der Waals surface area contributed by atoms with Crippen molar-refractivity contribution in [2.75, 3.05) is 26.8 Å². The molecule has 1 unspecified atom stereocenters. The van der Waals surface area contributed by atoms with Gasteiger partial charge < -0.3 is 14.6 Å². The van der Waals surface area contributed by atoms with Gasteiger partial charge in [-0.2, -0.15) is 0 Å². The fourth-order valence-corrected chi connectivity index (χ4v) is 2.96. The van der Waals surface area contributed by atoms with Gasteiger partial charge in [-0.1, -0.05) is 44.2 Å². The summed E-state index contributed by atoms with van der Waals surface area (Å²) in [6.07, 6.45) is 0.553. The first-order chi connectivity index (χ1) is 13.0. The van der Waals surface area contributed by atoms with Crippen LogP contribution >= 0.6 is 0 Å². The van der Waals surface area contributed by atoms with Crippen molar-refractivity contribution in [2.24, 2.45) is 5.92 Å². The predicted molar refractivity (Wildman–Crippen MR) is 110 cm³/mol. The largest absolute Gasteiger partial charge is 0.497 e. The Morgan fingerprint density at radius 2 is 1.85 bits per heavy atom. The lowest BCUT2D eigenvalue weighted by Crippen LogP contribution is -2.36. The fraction of sp³-hybridized carbons (Fsp3) is 0.478. The Morgan fingerprint density at radius 3 is 2.56 bits per heavy atom. The number of benzene rings is 2. The highest BCUT2D eigenvalue weighted by atomic mass is 16.5. The Morgan fingerprint density at radius 1 is 1.07 bits per heavy atom. The molecule has 2 aromatic carbocycles. The van der Waals surface area contributed by atoms with Crippen LogP contribution in [0.15, 0.2) is 48.5 Å². The molecule has 0 bridgehead atoms. The van der Waals surface area contributed by atoms with Gasteiger partial charge in [-0.05, 0) is 55.1 Å². The smallest absolute Gasteiger partial charge is 0.122 e. The average Bonchev–Trinajstić information content (AvgIpc) is 2.65. The molecule has 0 aliphatic carbocycles. The van der Waals surface area contributed by atoms with E-state index in [0.717, 1.165) is 36.6 Å². The molecule has 0 amide bonds. The monoisotopic (exact) mass is 371 g/mol. The molecule has 0 radical (unpaired) electrons. The van der Waals surface area contributed by atoms with Crippen molar-refractivity contribution in [1.82, 2.24) is 4.90 Å². The van der Waals surface area contributed by atoms with Crippen LogP contribution in [0.25, 0.3) is 0 Å². The standard InChI is InChI=1S/C23H33NO3/c1-18(2)12-13-24(15-20-9-7-10-22(14-20)26-4)16-21(25)17-27-23-11-6-5-8-19(23)3/h5-11,14,18,21,25H,12-13,15-17H2,1-4H3. The van der Waals surface area contributed by atoms with Crippen molar-refractivity contribution in [2.45, 2.75) is 39.8 Å². The van der Waals surface area contributed by atoms with Crippen LogP contribution in [0.1, 0.15) is 31.4 Å². The van der Waals surface area contributed by atoms with Crippen LogP contribution in [-0.2, 0) is 6.54 Å². The third-order valence-electron chi connectivity index (χ3n) is 4.56. The van der Waals surface area contributed by atoms with Crippen LogP contribution in [0.5, 0.6) is 11.5 Å². The minimum absolute atomic E-state index is 0.293. The van der Waals surface area contributed by atoms with Gasteiger partial charge in [-0.3, -0.25) is 4.90 Å². The summed E-state index contributed by atoms with van der Waals surface area (Å²) in [5.41, 5.74) is 2.27. The number of hydrogen-bond donors (Lipinski definition) is 1. The summed E-state index contributed by atoms with van der Waals surface area (Å²) in [5, 5.41) is 10.5. The normalized spacial score (nSPS) is 12.4. The Kier molecular flexibility index (Phi) is 8.62. The molecule has 0 saturated carbocycles. The van der Waals surface area contributed by atoms with Crippen molar-refractivity contribution in [3.05, 3.63) is 59.7 Å². The molecule has 0 spiro atoms. The van der Waals surface area contributed by atoms with Crippen molar-refractivity contribution < 1.29 is 14.6 Å². The maximum atomic E-state index is 10.5. The zero-order valence-electron chi connectivity index (χ0n) is 17.0. The topological polar surface area (TPSA) is 41.9 Å². The van der Waals surface area contributed by atoms with E-state index in [2.05, 4.69) is 30.9 Å². The molecule has 0 fully saturated rings. The van der Waals surface area contributed by atoms with Crippen LogP contribution in [-0.4, -0.2) is 42.9 Å². The summed E-state index contributed by atoms with van der Waals surface area (Å²) in [6.45, 7) is 9.06. The molecule has 4 nitrogen and oxygen atoms in total. The number of aryl methyl sites for hydroxylation is 1. The van der Waals surface area contributed by atoms with Crippen molar-refractivity contribution in [3.8, 4) is 11.5 Å². The zero-order chi connectivity index (χ0) is 19.6. The van der Waals surface area contributed by atoms with E-state index < -0.39 is 6.10 Å². The molecule has 0 aromatic heterocycles. The summed E-state index contributed by atoms with van der Waals surface area (Å²) in [6, 6.07) is 16.0. The fourth-order valence-electron chi connectivity index (χ4n) is 2.96. The van der Waals surface area contributed by atoms with Gasteiger partial charge in [-0.15, -0.1) is 0 Å². The second-order valence-corrected chi connectivity index (χ2v) is 7.50. The number of aliphatic hydroxyl groups excluding tert-OH is 1. The minimum atomic E-state index is -0.539. The van der Waals surface area contributed by atoms with Gasteiger partial charge in [0, 0.05) is 13.1 Å². The van der Waals surface area contributed by atoms with Gasteiger partial charge in [0.1, 0.15) is 24.2 Å². The summed E-state index contributed by atoms with van der Waals surface area (Å²) >= 11 is 0. The van der Waals surface area contributed by atoms with Gasteiger partial charge in [0.2, 0.25) is 0 Å². The lowest BCUT2D eigenvalue weighted by atomic mass is 10.1. The van der Waals surface area contributed by atoms with E-state index in [1.807, 2.05) is 43.3 Å². The maximum absolute atomic E-state index is 10.5. The minimum Gasteiger partial charge on any atom is -0.497 e. The van der Waals surface area contributed by atoms with E-state index in [4.69, 9.17) is 9.47 Å². The maximum Gasteiger partial charge on any atom is 0.122 e. The van der Waals surface area contributed by atoms with E-state index in [9.17, 15) is 5.11 Å². The highest BCUT2D eigenvalue weighted by Gasteiger charge is 2.14. The molecule has 1 atom stereocenters. The molecule has 4 heteroatoms. The number of para-hydroxylation sites is 1. The molecular weight excluding hydrogens is 338 g/mol. The second kappa shape index (κ2) is 11.0. The third kappa shape index (κ3) is 7.61. The van der Waals surface area contributed by atoms with Crippen LogP contribution in [0, 0.1) is 12.8 Å². The summed E-state index contributed by atoms with van der Waals surface area (Å²) < 4.78 is 11.1. The average molecular weight is 372 g/mol. The van der Waals surface area contributed by atoms with Gasteiger partial charge in [0.25, 0.3) is 0 Å². The second-order valence-electron chi connectivity index (χ2n) is 7.50. The van der Waals surface area contributed by atoms with Crippen LogP contribution in [0.3, 0.4) is 0 Å². The molecule has 2 aromatic rings. The number of nitrogens with zero attached hydrogens (tertiary/aromatic N) is 1. The van der Waals surface area contributed by atoms with Gasteiger partial charge >= 0.3 is 0 Å². The highest BCUT2D eigenvalue weighted by Crippen LogP contribution is 2.18. The van der Waals surface area contributed by atoms with Crippen molar-refractivity contribution >= 4 is 0 Å². The molecule has 0 aliphatic heterocycles. The highest BCUT2D eigenvalue weighted by molar-refractivity contribution is 5.31. The van der Waals surface area contributed by atoms with Crippen LogP contribution < -0.4 is 9.47 Å². The lowest BCUT2D eigenvalue weighted by Gasteiger charge is -2.26. The molecule has 0 aliphatic rings. The lowest BCUT2D eigenvalue weighted by molar-refractivity contribution is 0.0637. The van der Waals surface area contributed by atoms with E-state index in [-0.39, 0.29) is 0 Å². The first-order valence-electron chi connectivity index (χ1n) is 9.69. The number of hydrogen-bond acceptors (Lipinski definition) is 4. The van der Waals surface area contributed by atoms with Gasteiger partial charge in [0.15, 0.2) is 0 Å². The molecule has 0 heterocycles. The molecule has 0 saturated heterocycles. The van der Waals surface area contributed by atoms with E-state index in [1.165, 1.54) is 5.56 Å². The first kappa shape index (κ1) is 21.3. The molecule has 2 rings (SSSR count). The Labute approximate surface area is 163 Å². The van der Waals surface area contributed by atoms with E-state index in [0.29, 0.717) is 19.1 Å². The van der Waals surface area contributed by atoms with Gasteiger partial charge in [-0.25, -0.2) is 0 Å². The van der Waals surface area contributed by atoms with E-state index >= 15 is 0 Å². The Balaban J connectivity index is 1.94. The van der Waals surface area contributed by atoms with Crippen LogP contribution in [0.2, 0.25) is 0 Å². The summed E-state index contributed by atoms with van der Waals surface area (Å²) in [4.78, 5) is 2.29. The Bertz CT molecular complexity index is 687. The van der Waals surface area contributed by atoms with Crippen molar-refractivity contribution in [1.29, 1.82) is 0 Å². The van der Waals surface area contributed by atoms with Gasteiger partial charge in [0.05, 0.1) is 7.11 Å². The number of rotatable bonds is 11. The van der Waals surface area contributed by atoms with Crippen LogP contribution in [0.4, 0.5) is 0 Å².